The van der Waals surface area contributed by atoms with E-state index >= 15 is 0 Å². The molecule has 0 radical (unpaired) electrons. The summed E-state index contributed by atoms with van der Waals surface area (Å²) < 4.78 is 35.7. The summed E-state index contributed by atoms with van der Waals surface area (Å²) in [5, 5.41) is 9.27. The molecule has 1 N–H and O–H groups in total. The normalized spacial score (nSPS) is 14.6. The number of amides is 1. The van der Waals surface area contributed by atoms with Crippen LogP contribution in [-0.4, -0.2) is 67.2 Å². The molecule has 0 saturated heterocycles. The van der Waals surface area contributed by atoms with Crippen molar-refractivity contribution in [3.05, 3.63) is 65.5 Å². The number of nitrogens with zero attached hydrogens (tertiary/aromatic N) is 1. The molecular weight excluding hydrogens is 493 g/mol. The van der Waals surface area contributed by atoms with E-state index in [1.54, 1.807) is 36.1 Å². The van der Waals surface area contributed by atoms with Crippen LogP contribution in [0.1, 0.15) is 50.2 Å². The van der Waals surface area contributed by atoms with Crippen molar-refractivity contribution in [2.45, 2.75) is 64.3 Å². The first-order chi connectivity index (χ1) is 18.4. The Morgan fingerprint density at radius 3 is 2.29 bits per heavy atom. The summed E-state index contributed by atoms with van der Waals surface area (Å²) in [5.41, 5.74) is 1.68. The minimum absolute atomic E-state index is 0.0568. The lowest BCUT2D eigenvalue weighted by atomic mass is 9.98. The zero-order valence-corrected chi connectivity index (χ0v) is 22.0. The van der Waals surface area contributed by atoms with E-state index in [1.165, 1.54) is 18.6 Å². The summed E-state index contributed by atoms with van der Waals surface area (Å²) in [7, 11) is 0. The van der Waals surface area contributed by atoms with E-state index in [0.717, 1.165) is 36.8 Å². The van der Waals surface area contributed by atoms with Gasteiger partial charge in [-0.25, -0.2) is 14.0 Å². The molecule has 0 aliphatic heterocycles. The van der Waals surface area contributed by atoms with E-state index in [9.17, 15) is 19.1 Å². The van der Waals surface area contributed by atoms with Crippen molar-refractivity contribution >= 4 is 12.1 Å². The van der Waals surface area contributed by atoms with Crippen LogP contribution in [0.15, 0.2) is 48.5 Å². The second-order valence-electron chi connectivity index (χ2n) is 9.29. The minimum Gasteiger partial charge on any atom is -0.492 e. The third-order valence-electron chi connectivity index (χ3n) is 6.38. The molecule has 1 fully saturated rings. The molecule has 1 amide bonds. The molecule has 208 valence electrons. The molecule has 1 atom stereocenters. The van der Waals surface area contributed by atoms with Gasteiger partial charge >= 0.3 is 12.1 Å². The van der Waals surface area contributed by atoms with Crippen molar-refractivity contribution < 1.29 is 38.0 Å². The number of carboxylic acids is 1. The number of carbonyl (C=O) groups is 2. The molecule has 0 spiro atoms. The Balaban J connectivity index is 1.49. The first-order valence-corrected chi connectivity index (χ1v) is 13.3. The summed E-state index contributed by atoms with van der Waals surface area (Å²) >= 11 is 0. The fourth-order valence-corrected chi connectivity index (χ4v) is 4.27. The number of carboxylic acid groups (broad SMARTS) is 1. The third-order valence-corrected chi connectivity index (χ3v) is 6.38. The lowest BCUT2D eigenvalue weighted by Crippen LogP contribution is -2.39. The predicted molar refractivity (Wildman–Crippen MR) is 140 cm³/mol. The zero-order chi connectivity index (χ0) is 27.2. The lowest BCUT2D eigenvalue weighted by molar-refractivity contribution is -0.149. The molecule has 1 aliphatic rings. The highest BCUT2D eigenvalue weighted by molar-refractivity contribution is 5.72. The van der Waals surface area contributed by atoms with Gasteiger partial charge in [0, 0.05) is 19.6 Å². The SMILES string of the molecule is CCOC(Cc1ccc(OCCN(CCOCc2ccc(F)cc2)C(=O)OC2CCCCC2)cc1)C(=O)O. The molecule has 3 rings (SSSR count). The van der Waals surface area contributed by atoms with Crippen molar-refractivity contribution in [3.63, 3.8) is 0 Å². The quantitative estimate of drug-likeness (QED) is 0.315. The molecule has 8 nitrogen and oxygen atoms in total. The van der Waals surface area contributed by atoms with Gasteiger partial charge in [0.2, 0.25) is 0 Å². The molecular formula is C29H38FNO7. The third kappa shape index (κ3) is 10.3. The van der Waals surface area contributed by atoms with Gasteiger partial charge in [-0.05, 0) is 68.0 Å². The number of rotatable bonds is 15. The van der Waals surface area contributed by atoms with Crippen molar-refractivity contribution in [2.24, 2.45) is 0 Å². The zero-order valence-electron chi connectivity index (χ0n) is 22.0. The number of ether oxygens (including phenoxy) is 4. The Morgan fingerprint density at radius 1 is 0.974 bits per heavy atom. The van der Waals surface area contributed by atoms with Gasteiger partial charge in [-0.1, -0.05) is 30.7 Å². The fourth-order valence-electron chi connectivity index (χ4n) is 4.27. The van der Waals surface area contributed by atoms with E-state index in [4.69, 9.17) is 18.9 Å². The van der Waals surface area contributed by atoms with Crippen molar-refractivity contribution in [1.29, 1.82) is 0 Å². The van der Waals surface area contributed by atoms with Crippen molar-refractivity contribution in [2.75, 3.05) is 32.9 Å². The molecule has 0 heterocycles. The van der Waals surface area contributed by atoms with Gasteiger partial charge in [-0.15, -0.1) is 0 Å². The van der Waals surface area contributed by atoms with Crippen LogP contribution in [0.2, 0.25) is 0 Å². The standard InChI is InChI=1S/C29H38FNO7/c1-2-36-27(28(32)33)20-22-10-14-25(15-11-22)37-19-17-31(29(34)38-26-6-4-3-5-7-26)16-18-35-21-23-8-12-24(30)13-9-23/h8-15,26-27H,2-7,16-21H2,1H3,(H,32,33). The Labute approximate surface area is 223 Å². The van der Waals surface area contributed by atoms with Crippen LogP contribution in [0.4, 0.5) is 9.18 Å². The second kappa shape index (κ2) is 15.9. The Bertz CT molecular complexity index is 977. The number of hydrogen-bond donors (Lipinski definition) is 1. The van der Waals surface area contributed by atoms with E-state index in [-0.39, 0.29) is 31.0 Å². The topological polar surface area (TPSA) is 94.5 Å². The molecule has 1 aliphatic carbocycles. The highest BCUT2D eigenvalue weighted by Gasteiger charge is 2.22. The van der Waals surface area contributed by atoms with Gasteiger partial charge in [0.1, 0.15) is 24.3 Å². The van der Waals surface area contributed by atoms with E-state index in [2.05, 4.69) is 0 Å². The van der Waals surface area contributed by atoms with Crippen LogP contribution in [0.5, 0.6) is 5.75 Å². The van der Waals surface area contributed by atoms with Gasteiger partial charge in [-0.3, -0.25) is 0 Å². The largest absolute Gasteiger partial charge is 0.492 e. The highest BCUT2D eigenvalue weighted by atomic mass is 19.1. The van der Waals surface area contributed by atoms with Gasteiger partial charge in [0.15, 0.2) is 6.10 Å². The smallest absolute Gasteiger partial charge is 0.410 e. The van der Waals surface area contributed by atoms with Crippen LogP contribution in [-0.2, 0) is 32.0 Å². The van der Waals surface area contributed by atoms with Crippen molar-refractivity contribution in [3.8, 4) is 5.75 Å². The van der Waals surface area contributed by atoms with Crippen molar-refractivity contribution in [1.82, 2.24) is 4.90 Å². The minimum atomic E-state index is -0.992. The Kier molecular flexibility index (Phi) is 12.3. The van der Waals surface area contributed by atoms with E-state index in [1.807, 2.05) is 12.1 Å². The monoisotopic (exact) mass is 531 g/mol. The van der Waals surface area contributed by atoms with Gasteiger partial charge in [0.05, 0.1) is 19.8 Å². The molecule has 38 heavy (non-hydrogen) atoms. The maximum atomic E-state index is 13.1. The number of carbonyl (C=O) groups excluding carboxylic acids is 1. The average Bonchev–Trinajstić information content (AvgIpc) is 2.92. The first-order valence-electron chi connectivity index (χ1n) is 13.3. The molecule has 1 unspecified atom stereocenters. The van der Waals surface area contributed by atoms with Crippen LogP contribution in [0.3, 0.4) is 0 Å². The Morgan fingerprint density at radius 2 is 1.63 bits per heavy atom. The Hall–Kier alpha value is -3.17. The van der Waals surface area contributed by atoms with Crippen LogP contribution in [0.25, 0.3) is 0 Å². The summed E-state index contributed by atoms with van der Waals surface area (Å²) in [6, 6.07) is 13.3. The van der Waals surface area contributed by atoms with Crippen LogP contribution in [0, 0.1) is 5.82 Å². The summed E-state index contributed by atoms with van der Waals surface area (Å²) in [4.78, 5) is 25.8. The molecule has 2 aromatic carbocycles. The predicted octanol–water partition coefficient (Wildman–Crippen LogP) is 5.22. The van der Waals surface area contributed by atoms with Gasteiger partial charge < -0.3 is 29.0 Å². The fraction of sp³-hybridized carbons (Fsp3) is 0.517. The maximum absolute atomic E-state index is 13.1. The maximum Gasteiger partial charge on any atom is 0.410 e. The van der Waals surface area contributed by atoms with E-state index in [0.29, 0.717) is 38.7 Å². The highest BCUT2D eigenvalue weighted by Crippen LogP contribution is 2.21. The summed E-state index contributed by atoms with van der Waals surface area (Å²) in [6.07, 6.45) is 4.01. The number of aliphatic carboxylic acids is 1. The van der Waals surface area contributed by atoms with Crippen LogP contribution < -0.4 is 4.74 Å². The number of hydrogen-bond acceptors (Lipinski definition) is 6. The molecule has 2 aromatic rings. The first kappa shape index (κ1) is 29.4. The van der Waals surface area contributed by atoms with E-state index < -0.39 is 12.1 Å². The molecule has 0 aromatic heterocycles. The van der Waals surface area contributed by atoms with Gasteiger partial charge in [-0.2, -0.15) is 0 Å². The molecule has 0 bridgehead atoms. The summed E-state index contributed by atoms with van der Waals surface area (Å²) in [5.74, 6) is -0.672. The summed E-state index contributed by atoms with van der Waals surface area (Å²) in [6.45, 7) is 3.63. The number of halogens is 1. The second-order valence-corrected chi connectivity index (χ2v) is 9.29. The van der Waals surface area contributed by atoms with Crippen LogP contribution >= 0.6 is 0 Å². The molecule has 1 saturated carbocycles. The van der Waals surface area contributed by atoms with Gasteiger partial charge in [0.25, 0.3) is 0 Å². The average molecular weight is 532 g/mol. The molecule has 9 heteroatoms. The number of benzene rings is 2. The lowest BCUT2D eigenvalue weighted by Gasteiger charge is -2.27.